The molecule has 3 aromatic heterocycles. The lowest BCUT2D eigenvalue weighted by atomic mass is 10.1. The maximum atomic E-state index is 12.6. The number of hydrogen-bond donors (Lipinski definition) is 1. The Morgan fingerprint density at radius 1 is 1.35 bits per heavy atom. The van der Waals surface area contributed by atoms with Crippen LogP contribution in [0.3, 0.4) is 0 Å². The van der Waals surface area contributed by atoms with Gasteiger partial charge in [0.05, 0.1) is 36.0 Å². The Morgan fingerprint density at radius 3 is 2.85 bits per heavy atom. The van der Waals surface area contributed by atoms with E-state index in [2.05, 4.69) is 15.5 Å². The first-order valence-electron chi connectivity index (χ1n) is 8.25. The Hall–Kier alpha value is -3.16. The van der Waals surface area contributed by atoms with E-state index in [-0.39, 0.29) is 30.8 Å². The third kappa shape index (κ3) is 3.74. The van der Waals surface area contributed by atoms with E-state index >= 15 is 0 Å². The second kappa shape index (κ2) is 7.38. The van der Waals surface area contributed by atoms with Crippen molar-refractivity contribution in [2.24, 2.45) is 0 Å². The first kappa shape index (κ1) is 17.7. The lowest BCUT2D eigenvalue weighted by Crippen LogP contribution is -2.38. The number of amides is 2. The Bertz CT molecular complexity index is 915. The van der Waals surface area contributed by atoms with Gasteiger partial charge in [-0.25, -0.2) is 4.98 Å². The first-order chi connectivity index (χ1) is 12.5. The summed E-state index contributed by atoms with van der Waals surface area (Å²) in [5.41, 5.74) is 1.52. The van der Waals surface area contributed by atoms with Crippen LogP contribution in [0.25, 0.3) is 11.1 Å². The number of fused-ring (bicyclic) bond motifs is 1. The van der Waals surface area contributed by atoms with E-state index in [0.717, 1.165) is 5.69 Å². The van der Waals surface area contributed by atoms with E-state index < -0.39 is 0 Å². The summed E-state index contributed by atoms with van der Waals surface area (Å²) in [4.78, 5) is 30.1. The van der Waals surface area contributed by atoms with Crippen molar-refractivity contribution in [3.05, 3.63) is 47.7 Å². The minimum absolute atomic E-state index is 0.0712. The first-order valence-corrected chi connectivity index (χ1v) is 8.25. The Morgan fingerprint density at radius 2 is 2.15 bits per heavy atom. The van der Waals surface area contributed by atoms with Gasteiger partial charge in [-0.05, 0) is 24.1 Å². The summed E-state index contributed by atoms with van der Waals surface area (Å²) in [6, 6.07) is 5.21. The number of pyridine rings is 1. The van der Waals surface area contributed by atoms with Crippen molar-refractivity contribution in [2.75, 3.05) is 13.6 Å². The van der Waals surface area contributed by atoms with Gasteiger partial charge >= 0.3 is 0 Å². The summed E-state index contributed by atoms with van der Waals surface area (Å²) < 4.78 is 10.3. The van der Waals surface area contributed by atoms with Crippen LogP contribution in [-0.4, -0.2) is 40.4 Å². The normalized spacial score (nSPS) is 11.1. The fourth-order valence-corrected chi connectivity index (χ4v) is 2.55. The molecule has 136 valence electrons. The number of nitrogens with one attached hydrogen (secondary N) is 1. The highest BCUT2D eigenvalue weighted by Gasteiger charge is 2.19. The average molecular weight is 356 g/mol. The van der Waals surface area contributed by atoms with Crippen LogP contribution < -0.4 is 5.32 Å². The summed E-state index contributed by atoms with van der Waals surface area (Å²) in [5, 5.41) is 7.42. The van der Waals surface area contributed by atoms with Gasteiger partial charge < -0.3 is 19.2 Å². The zero-order chi connectivity index (χ0) is 18.7. The molecule has 0 saturated carbocycles. The van der Waals surface area contributed by atoms with Crippen LogP contribution in [0.5, 0.6) is 0 Å². The largest absolute Gasteiger partial charge is 0.467 e. The topological polar surface area (TPSA) is 101 Å². The van der Waals surface area contributed by atoms with Crippen molar-refractivity contribution in [3.8, 4) is 0 Å². The Balaban J connectivity index is 1.66. The van der Waals surface area contributed by atoms with Crippen LogP contribution in [-0.2, 0) is 11.3 Å². The zero-order valence-corrected chi connectivity index (χ0v) is 14.9. The monoisotopic (exact) mass is 356 g/mol. The van der Waals surface area contributed by atoms with Crippen LogP contribution >= 0.6 is 0 Å². The molecule has 3 rings (SSSR count). The second-order valence-corrected chi connectivity index (χ2v) is 6.32. The van der Waals surface area contributed by atoms with Crippen molar-refractivity contribution >= 4 is 22.9 Å². The molecule has 0 radical (unpaired) electrons. The summed E-state index contributed by atoms with van der Waals surface area (Å²) in [6.07, 6.45) is 2.97. The highest BCUT2D eigenvalue weighted by Crippen LogP contribution is 2.24. The number of carbonyl (C=O) groups is 2. The maximum absolute atomic E-state index is 12.6. The molecule has 1 N–H and O–H groups in total. The average Bonchev–Trinajstić information content (AvgIpc) is 3.27. The number of hydrogen-bond acceptors (Lipinski definition) is 6. The lowest BCUT2D eigenvalue weighted by molar-refractivity contribution is -0.121. The molecule has 0 unspecified atom stereocenters. The minimum atomic E-state index is -0.302. The van der Waals surface area contributed by atoms with Crippen molar-refractivity contribution in [3.63, 3.8) is 0 Å². The lowest BCUT2D eigenvalue weighted by Gasteiger charge is -2.16. The van der Waals surface area contributed by atoms with Gasteiger partial charge in [0.1, 0.15) is 5.76 Å². The van der Waals surface area contributed by atoms with E-state index in [1.165, 1.54) is 17.4 Å². The number of aromatic nitrogens is 2. The number of furan rings is 1. The molecule has 2 amide bonds. The van der Waals surface area contributed by atoms with E-state index in [1.807, 2.05) is 13.8 Å². The summed E-state index contributed by atoms with van der Waals surface area (Å²) in [7, 11) is 1.57. The van der Waals surface area contributed by atoms with E-state index in [0.29, 0.717) is 22.4 Å². The van der Waals surface area contributed by atoms with Crippen LogP contribution in [0.2, 0.25) is 0 Å². The maximum Gasteiger partial charge on any atom is 0.257 e. The minimum Gasteiger partial charge on any atom is -0.467 e. The van der Waals surface area contributed by atoms with Gasteiger partial charge in [0, 0.05) is 13.2 Å². The van der Waals surface area contributed by atoms with Gasteiger partial charge in [-0.2, -0.15) is 0 Å². The molecule has 3 aromatic rings. The molecule has 0 aliphatic rings. The molecule has 26 heavy (non-hydrogen) atoms. The molecule has 0 spiro atoms. The highest BCUT2D eigenvalue weighted by molar-refractivity contribution is 5.98. The third-order valence-corrected chi connectivity index (χ3v) is 3.92. The SMILES string of the molecule is CC(C)c1noc2ncc(C(=O)N(C)CC(=O)NCc3ccco3)cc12. The van der Waals surface area contributed by atoms with Gasteiger partial charge in [-0.15, -0.1) is 0 Å². The Kier molecular flexibility index (Phi) is 5.01. The third-order valence-electron chi connectivity index (χ3n) is 3.92. The van der Waals surface area contributed by atoms with Crippen LogP contribution in [0.1, 0.15) is 41.6 Å². The molecule has 0 aromatic carbocycles. The standard InChI is InChI=1S/C18H20N4O4/c1-11(2)16-14-7-12(8-20-17(14)26-21-16)18(24)22(3)10-15(23)19-9-13-5-4-6-25-13/h4-8,11H,9-10H2,1-3H3,(H,19,23). The molecule has 0 saturated heterocycles. The van der Waals surface area contributed by atoms with Crippen molar-refractivity contribution in [1.82, 2.24) is 20.4 Å². The van der Waals surface area contributed by atoms with Gasteiger partial charge in [0.25, 0.3) is 11.6 Å². The van der Waals surface area contributed by atoms with Gasteiger partial charge in [-0.3, -0.25) is 9.59 Å². The predicted molar refractivity (Wildman–Crippen MR) is 93.4 cm³/mol. The van der Waals surface area contributed by atoms with Crippen molar-refractivity contribution < 1.29 is 18.5 Å². The predicted octanol–water partition coefficient (Wildman–Crippen LogP) is 2.33. The van der Waals surface area contributed by atoms with Gasteiger partial charge in [0.2, 0.25) is 5.91 Å². The molecule has 8 heteroatoms. The zero-order valence-electron chi connectivity index (χ0n) is 14.9. The van der Waals surface area contributed by atoms with E-state index in [9.17, 15) is 9.59 Å². The number of rotatable bonds is 6. The molecule has 0 fully saturated rings. The summed E-state index contributed by atoms with van der Waals surface area (Å²) >= 11 is 0. The number of carbonyl (C=O) groups excluding carboxylic acids is 2. The summed E-state index contributed by atoms with van der Waals surface area (Å²) in [6.45, 7) is 4.18. The molecular weight excluding hydrogens is 336 g/mol. The Labute approximate surface area is 150 Å². The quantitative estimate of drug-likeness (QED) is 0.727. The number of likely N-dealkylation sites (N-methyl/N-ethyl adjacent to an activating group) is 1. The van der Waals surface area contributed by atoms with E-state index in [1.54, 1.807) is 25.2 Å². The fraction of sp³-hybridized carbons (Fsp3) is 0.333. The molecule has 0 aliphatic carbocycles. The van der Waals surface area contributed by atoms with E-state index in [4.69, 9.17) is 8.94 Å². The smallest absolute Gasteiger partial charge is 0.257 e. The summed E-state index contributed by atoms with van der Waals surface area (Å²) in [5.74, 6) is 0.215. The van der Waals surface area contributed by atoms with Crippen molar-refractivity contribution in [2.45, 2.75) is 26.3 Å². The molecule has 0 atom stereocenters. The van der Waals surface area contributed by atoms with Gasteiger partial charge in [0.15, 0.2) is 0 Å². The second-order valence-electron chi connectivity index (χ2n) is 6.32. The molecular formula is C18H20N4O4. The van der Waals surface area contributed by atoms with Crippen LogP contribution in [0.15, 0.2) is 39.6 Å². The van der Waals surface area contributed by atoms with Crippen LogP contribution in [0, 0.1) is 0 Å². The molecule has 0 bridgehead atoms. The molecule has 3 heterocycles. The van der Waals surface area contributed by atoms with Crippen LogP contribution in [0.4, 0.5) is 0 Å². The fourth-order valence-electron chi connectivity index (χ4n) is 2.55. The van der Waals surface area contributed by atoms with Crippen molar-refractivity contribution in [1.29, 1.82) is 0 Å². The molecule has 8 nitrogen and oxygen atoms in total. The number of nitrogens with zero attached hydrogens (tertiary/aromatic N) is 3. The molecule has 0 aliphatic heterocycles. The highest BCUT2D eigenvalue weighted by atomic mass is 16.5. The van der Waals surface area contributed by atoms with Gasteiger partial charge in [-0.1, -0.05) is 19.0 Å².